The molecule has 2 amide bonds. The molecule has 1 N–H and O–H groups in total. The molecule has 1 saturated heterocycles. The first kappa shape index (κ1) is 14.5. The van der Waals surface area contributed by atoms with Crippen molar-refractivity contribution in [2.45, 2.75) is 58.7 Å². The zero-order valence-corrected chi connectivity index (χ0v) is 12.3. The van der Waals surface area contributed by atoms with Gasteiger partial charge in [-0.15, -0.1) is 0 Å². The lowest BCUT2D eigenvalue weighted by Crippen LogP contribution is -2.69. The second kappa shape index (κ2) is 5.22. The summed E-state index contributed by atoms with van der Waals surface area (Å²) in [6.45, 7) is 7.37. The molecule has 0 spiro atoms. The summed E-state index contributed by atoms with van der Waals surface area (Å²) < 4.78 is 4.91. The van der Waals surface area contributed by atoms with Crippen molar-refractivity contribution in [3.05, 3.63) is 11.7 Å². The molecule has 7 nitrogen and oxygen atoms in total. The molecule has 0 aromatic carbocycles. The minimum absolute atomic E-state index is 0.0861. The lowest BCUT2D eigenvalue weighted by molar-refractivity contribution is -0.155. The smallest absolute Gasteiger partial charge is 0.249 e. The lowest BCUT2D eigenvalue weighted by Gasteiger charge is -2.44. The molecule has 1 aliphatic rings. The summed E-state index contributed by atoms with van der Waals surface area (Å²) in [6.07, 6.45) is 1.12. The highest BCUT2D eigenvalue weighted by atomic mass is 16.5. The molecule has 0 radical (unpaired) electrons. The van der Waals surface area contributed by atoms with Crippen LogP contribution in [0.5, 0.6) is 0 Å². The molecule has 0 aliphatic carbocycles. The number of rotatable bonds is 4. The van der Waals surface area contributed by atoms with Gasteiger partial charge < -0.3 is 14.7 Å². The molecule has 2 rings (SSSR count). The second-order valence-corrected chi connectivity index (χ2v) is 5.12. The maximum atomic E-state index is 12.7. The zero-order valence-electron chi connectivity index (χ0n) is 12.3. The normalized spacial score (nSPS) is 22.0. The van der Waals surface area contributed by atoms with Crippen LogP contribution < -0.4 is 5.32 Å². The summed E-state index contributed by atoms with van der Waals surface area (Å²) >= 11 is 0. The number of hydrogen-bond acceptors (Lipinski definition) is 5. The molecule has 1 unspecified atom stereocenters. The van der Waals surface area contributed by atoms with Crippen molar-refractivity contribution in [2.75, 3.05) is 0 Å². The Labute approximate surface area is 117 Å². The predicted octanol–water partition coefficient (Wildman–Crippen LogP) is 0.784. The van der Waals surface area contributed by atoms with Crippen LogP contribution in [0.15, 0.2) is 4.52 Å². The molecule has 1 aromatic rings. The first-order valence-electron chi connectivity index (χ1n) is 6.85. The average molecular weight is 280 g/mol. The summed E-state index contributed by atoms with van der Waals surface area (Å²) in [4.78, 5) is 30.4. The summed E-state index contributed by atoms with van der Waals surface area (Å²) in [6, 6.07) is -0.535. The van der Waals surface area contributed by atoms with Crippen LogP contribution in [-0.2, 0) is 16.1 Å². The topological polar surface area (TPSA) is 88.3 Å². The number of carbonyl (C=O) groups is 2. The largest absolute Gasteiger partial charge is 0.340 e. The summed E-state index contributed by atoms with van der Waals surface area (Å²) in [5.41, 5.74) is -0.817. The van der Waals surface area contributed by atoms with E-state index in [0.717, 1.165) is 0 Å². The number of hydrogen-bond donors (Lipinski definition) is 1. The van der Waals surface area contributed by atoms with E-state index in [2.05, 4.69) is 15.5 Å². The van der Waals surface area contributed by atoms with Gasteiger partial charge in [-0.3, -0.25) is 9.59 Å². The van der Waals surface area contributed by atoms with Gasteiger partial charge in [0, 0.05) is 6.92 Å². The SMILES string of the molecule is CCC1(CC)NC(=O)C(C)N(Cc2noc(C)n2)C1=O. The Bertz CT molecular complexity index is 521. The van der Waals surface area contributed by atoms with Crippen LogP contribution in [-0.4, -0.2) is 38.4 Å². The predicted molar refractivity (Wildman–Crippen MR) is 70.5 cm³/mol. The highest BCUT2D eigenvalue weighted by molar-refractivity contribution is 5.99. The molecule has 110 valence electrons. The van der Waals surface area contributed by atoms with Gasteiger partial charge in [0.05, 0.1) is 6.54 Å². The van der Waals surface area contributed by atoms with Crippen molar-refractivity contribution in [1.82, 2.24) is 20.4 Å². The van der Waals surface area contributed by atoms with Gasteiger partial charge >= 0.3 is 0 Å². The fourth-order valence-corrected chi connectivity index (χ4v) is 2.48. The van der Waals surface area contributed by atoms with Gasteiger partial charge in [-0.25, -0.2) is 0 Å². The number of aryl methyl sites for hydroxylation is 1. The fourth-order valence-electron chi connectivity index (χ4n) is 2.48. The minimum atomic E-state index is -0.817. The average Bonchev–Trinajstić information content (AvgIpc) is 2.84. The molecule has 2 heterocycles. The molecule has 1 fully saturated rings. The highest BCUT2D eigenvalue weighted by Crippen LogP contribution is 2.25. The van der Waals surface area contributed by atoms with Crippen LogP contribution in [0.25, 0.3) is 0 Å². The summed E-state index contributed by atoms with van der Waals surface area (Å²) in [5, 5.41) is 6.65. The van der Waals surface area contributed by atoms with Gasteiger partial charge in [-0.05, 0) is 19.8 Å². The van der Waals surface area contributed by atoms with Crippen LogP contribution in [0.4, 0.5) is 0 Å². The van der Waals surface area contributed by atoms with Crippen LogP contribution in [0, 0.1) is 6.92 Å². The summed E-state index contributed by atoms with van der Waals surface area (Å²) in [5.74, 6) is 0.628. The number of nitrogens with zero attached hydrogens (tertiary/aromatic N) is 3. The quantitative estimate of drug-likeness (QED) is 0.880. The molecular weight excluding hydrogens is 260 g/mol. The number of nitrogens with one attached hydrogen (secondary N) is 1. The molecule has 0 saturated carbocycles. The number of piperazine rings is 1. The van der Waals surface area contributed by atoms with Gasteiger partial charge in [0.25, 0.3) is 0 Å². The van der Waals surface area contributed by atoms with Crippen molar-refractivity contribution in [1.29, 1.82) is 0 Å². The lowest BCUT2D eigenvalue weighted by atomic mass is 9.87. The first-order chi connectivity index (χ1) is 9.43. The molecule has 1 atom stereocenters. The number of amides is 2. The third-order valence-corrected chi connectivity index (χ3v) is 3.97. The van der Waals surface area contributed by atoms with Crippen molar-refractivity contribution >= 4 is 11.8 Å². The molecule has 0 bridgehead atoms. The fraction of sp³-hybridized carbons (Fsp3) is 0.692. The maximum Gasteiger partial charge on any atom is 0.249 e. The monoisotopic (exact) mass is 280 g/mol. The van der Waals surface area contributed by atoms with Crippen LogP contribution in [0.1, 0.15) is 45.3 Å². The van der Waals surface area contributed by atoms with Crippen molar-refractivity contribution in [3.63, 3.8) is 0 Å². The van der Waals surface area contributed by atoms with E-state index in [1.54, 1.807) is 13.8 Å². The van der Waals surface area contributed by atoms with E-state index in [9.17, 15) is 9.59 Å². The second-order valence-electron chi connectivity index (χ2n) is 5.12. The van der Waals surface area contributed by atoms with E-state index in [1.165, 1.54) is 4.90 Å². The molecule has 7 heteroatoms. The van der Waals surface area contributed by atoms with Gasteiger partial charge in [-0.2, -0.15) is 4.98 Å². The minimum Gasteiger partial charge on any atom is -0.340 e. The third-order valence-electron chi connectivity index (χ3n) is 3.97. The summed E-state index contributed by atoms with van der Waals surface area (Å²) in [7, 11) is 0. The standard InChI is InChI=1S/C13H20N4O3/c1-5-13(6-2)12(19)17(8(3)11(18)15-13)7-10-14-9(4)20-16-10/h8H,5-7H2,1-4H3,(H,15,18). The third kappa shape index (κ3) is 2.28. The van der Waals surface area contributed by atoms with E-state index >= 15 is 0 Å². The Morgan fingerprint density at radius 1 is 1.35 bits per heavy atom. The van der Waals surface area contributed by atoms with Gasteiger partial charge in [0.15, 0.2) is 5.82 Å². The molecule has 1 aliphatic heterocycles. The van der Waals surface area contributed by atoms with Crippen molar-refractivity contribution < 1.29 is 14.1 Å². The van der Waals surface area contributed by atoms with Gasteiger partial charge in [-0.1, -0.05) is 19.0 Å². The first-order valence-corrected chi connectivity index (χ1v) is 6.85. The highest BCUT2D eigenvalue weighted by Gasteiger charge is 2.47. The van der Waals surface area contributed by atoms with Gasteiger partial charge in [0.2, 0.25) is 17.7 Å². The van der Waals surface area contributed by atoms with Crippen LogP contribution in [0.2, 0.25) is 0 Å². The Balaban J connectivity index is 2.28. The Kier molecular flexibility index (Phi) is 3.78. The number of carbonyl (C=O) groups excluding carboxylic acids is 2. The van der Waals surface area contributed by atoms with E-state index in [4.69, 9.17) is 4.52 Å². The maximum absolute atomic E-state index is 12.7. The van der Waals surface area contributed by atoms with Crippen LogP contribution >= 0.6 is 0 Å². The van der Waals surface area contributed by atoms with Crippen molar-refractivity contribution in [2.24, 2.45) is 0 Å². The number of aromatic nitrogens is 2. The van der Waals surface area contributed by atoms with Gasteiger partial charge in [0.1, 0.15) is 11.6 Å². The molecule has 20 heavy (non-hydrogen) atoms. The van der Waals surface area contributed by atoms with E-state index in [1.807, 2.05) is 13.8 Å². The Morgan fingerprint density at radius 3 is 2.50 bits per heavy atom. The Morgan fingerprint density at radius 2 is 2.00 bits per heavy atom. The molecular formula is C13H20N4O3. The Hall–Kier alpha value is -1.92. The van der Waals surface area contributed by atoms with E-state index < -0.39 is 11.6 Å². The van der Waals surface area contributed by atoms with E-state index in [-0.39, 0.29) is 18.4 Å². The molecule has 1 aromatic heterocycles. The van der Waals surface area contributed by atoms with Crippen LogP contribution in [0.3, 0.4) is 0 Å². The zero-order chi connectivity index (χ0) is 14.9. The van der Waals surface area contributed by atoms with Crippen molar-refractivity contribution in [3.8, 4) is 0 Å². The van der Waals surface area contributed by atoms with E-state index in [0.29, 0.717) is 24.6 Å².